The van der Waals surface area contributed by atoms with Gasteiger partial charge in [-0.1, -0.05) is 18.6 Å². The molecule has 1 rings (SSSR count). The van der Waals surface area contributed by atoms with E-state index in [2.05, 4.69) is 32.2 Å². The van der Waals surface area contributed by atoms with Gasteiger partial charge in [0, 0.05) is 6.04 Å². The van der Waals surface area contributed by atoms with E-state index in [0.717, 1.165) is 19.2 Å². The average Bonchev–Trinajstić information content (AvgIpc) is 2.20. The molecule has 0 saturated heterocycles. The van der Waals surface area contributed by atoms with E-state index in [-0.39, 0.29) is 0 Å². The van der Waals surface area contributed by atoms with Gasteiger partial charge in [0.05, 0.1) is 12.7 Å². The zero-order valence-electron chi connectivity index (χ0n) is 10.4. The third-order valence-electron chi connectivity index (χ3n) is 2.99. The zero-order valence-corrected chi connectivity index (χ0v) is 10.4. The molecule has 15 heavy (non-hydrogen) atoms. The van der Waals surface area contributed by atoms with Crippen molar-refractivity contribution in [2.45, 2.75) is 58.6 Å². The maximum absolute atomic E-state index is 5.82. The van der Waals surface area contributed by atoms with Crippen molar-refractivity contribution in [2.75, 3.05) is 13.2 Å². The van der Waals surface area contributed by atoms with Crippen LogP contribution in [0.2, 0.25) is 0 Å². The highest BCUT2D eigenvalue weighted by molar-refractivity contribution is 4.93. The highest BCUT2D eigenvalue weighted by Gasteiger charge is 2.20. The fourth-order valence-electron chi connectivity index (χ4n) is 2.07. The molecule has 0 aromatic carbocycles. The second kappa shape index (κ2) is 7.02. The van der Waals surface area contributed by atoms with Crippen LogP contribution in [0.25, 0.3) is 0 Å². The zero-order chi connectivity index (χ0) is 11.1. The number of hydrogen-bond acceptors (Lipinski definition) is 2. The van der Waals surface area contributed by atoms with E-state index < -0.39 is 0 Å². The molecule has 2 nitrogen and oxygen atoms in total. The van der Waals surface area contributed by atoms with Crippen LogP contribution in [0.4, 0.5) is 0 Å². The highest BCUT2D eigenvalue weighted by Crippen LogP contribution is 2.21. The molecule has 0 atom stereocenters. The number of rotatable bonds is 5. The van der Waals surface area contributed by atoms with Crippen molar-refractivity contribution in [3.8, 4) is 0 Å². The first-order valence-corrected chi connectivity index (χ1v) is 6.20. The molecular weight excluding hydrogens is 186 g/mol. The molecular formula is C13H25NO. The van der Waals surface area contributed by atoms with E-state index in [0.29, 0.717) is 6.10 Å². The van der Waals surface area contributed by atoms with Gasteiger partial charge in [0.1, 0.15) is 0 Å². The first-order chi connectivity index (χ1) is 7.22. The van der Waals surface area contributed by atoms with Gasteiger partial charge in [-0.15, -0.1) is 0 Å². The van der Waals surface area contributed by atoms with Crippen LogP contribution in [-0.4, -0.2) is 25.3 Å². The number of ether oxygens (including phenoxy) is 1. The normalized spacial score (nSPS) is 26.3. The summed E-state index contributed by atoms with van der Waals surface area (Å²) in [6.45, 7) is 8.29. The monoisotopic (exact) mass is 211 g/mol. The van der Waals surface area contributed by atoms with E-state index >= 15 is 0 Å². The van der Waals surface area contributed by atoms with E-state index in [1.165, 1.54) is 31.3 Å². The number of allylic oxidation sites excluding steroid dienone is 1. The van der Waals surface area contributed by atoms with Crippen molar-refractivity contribution in [2.24, 2.45) is 0 Å². The third-order valence-corrected chi connectivity index (χ3v) is 2.99. The lowest BCUT2D eigenvalue weighted by atomic mass is 9.93. The summed E-state index contributed by atoms with van der Waals surface area (Å²) in [7, 11) is 0. The standard InChI is InChI=1S/C13H25NO/c1-4-14-12-5-7-13(8-6-12)15-10-9-11(2)3/h9,12-14H,4-8,10H2,1-3H3. The second-order valence-electron chi connectivity index (χ2n) is 4.65. The molecule has 0 aromatic heterocycles. The summed E-state index contributed by atoms with van der Waals surface area (Å²) < 4.78 is 5.82. The Hall–Kier alpha value is -0.340. The molecule has 1 saturated carbocycles. The van der Waals surface area contributed by atoms with Crippen molar-refractivity contribution < 1.29 is 4.74 Å². The number of nitrogens with one attached hydrogen (secondary N) is 1. The highest BCUT2D eigenvalue weighted by atomic mass is 16.5. The van der Waals surface area contributed by atoms with Crippen LogP contribution >= 0.6 is 0 Å². The fourth-order valence-corrected chi connectivity index (χ4v) is 2.07. The lowest BCUT2D eigenvalue weighted by Crippen LogP contribution is -2.35. The van der Waals surface area contributed by atoms with Gasteiger partial charge in [0.2, 0.25) is 0 Å². The molecule has 1 fully saturated rings. The van der Waals surface area contributed by atoms with Crippen LogP contribution < -0.4 is 5.32 Å². The summed E-state index contributed by atoms with van der Waals surface area (Å²) in [4.78, 5) is 0. The molecule has 0 aliphatic heterocycles. The van der Waals surface area contributed by atoms with E-state index in [4.69, 9.17) is 4.74 Å². The minimum absolute atomic E-state index is 0.496. The molecule has 88 valence electrons. The molecule has 0 radical (unpaired) electrons. The SMILES string of the molecule is CCNC1CCC(OCC=C(C)C)CC1. The summed E-state index contributed by atoms with van der Waals surface area (Å²) >= 11 is 0. The first-order valence-electron chi connectivity index (χ1n) is 6.20. The van der Waals surface area contributed by atoms with Crippen LogP contribution in [0.1, 0.15) is 46.5 Å². The van der Waals surface area contributed by atoms with Gasteiger partial charge in [0.15, 0.2) is 0 Å². The first kappa shape index (κ1) is 12.7. The number of hydrogen-bond donors (Lipinski definition) is 1. The summed E-state index contributed by atoms with van der Waals surface area (Å²) in [5, 5.41) is 3.51. The largest absolute Gasteiger partial charge is 0.374 e. The van der Waals surface area contributed by atoms with Crippen LogP contribution in [0, 0.1) is 0 Å². The van der Waals surface area contributed by atoms with Crippen molar-refractivity contribution in [1.29, 1.82) is 0 Å². The second-order valence-corrected chi connectivity index (χ2v) is 4.65. The molecule has 1 N–H and O–H groups in total. The van der Waals surface area contributed by atoms with Gasteiger partial charge in [-0.2, -0.15) is 0 Å². The molecule has 0 unspecified atom stereocenters. The Morgan fingerprint density at radius 2 is 1.93 bits per heavy atom. The van der Waals surface area contributed by atoms with Crippen molar-refractivity contribution >= 4 is 0 Å². The van der Waals surface area contributed by atoms with E-state index in [1.807, 2.05) is 0 Å². The molecule has 1 aliphatic rings. The van der Waals surface area contributed by atoms with Crippen LogP contribution in [0.5, 0.6) is 0 Å². The molecule has 0 heterocycles. The van der Waals surface area contributed by atoms with Crippen LogP contribution in [-0.2, 0) is 4.74 Å². The van der Waals surface area contributed by atoms with Crippen molar-refractivity contribution in [1.82, 2.24) is 5.32 Å². The Bertz CT molecular complexity index is 189. The predicted octanol–water partition coefficient (Wildman–Crippen LogP) is 2.89. The van der Waals surface area contributed by atoms with E-state index in [1.54, 1.807) is 0 Å². The fraction of sp³-hybridized carbons (Fsp3) is 0.846. The molecule has 0 aromatic rings. The van der Waals surface area contributed by atoms with Crippen molar-refractivity contribution in [3.63, 3.8) is 0 Å². The lowest BCUT2D eigenvalue weighted by molar-refractivity contribution is 0.0396. The summed E-state index contributed by atoms with van der Waals surface area (Å²) in [6.07, 6.45) is 7.63. The topological polar surface area (TPSA) is 21.3 Å². The van der Waals surface area contributed by atoms with Gasteiger partial charge in [-0.3, -0.25) is 0 Å². The Morgan fingerprint density at radius 3 is 2.47 bits per heavy atom. The Kier molecular flexibility index (Phi) is 5.96. The van der Waals surface area contributed by atoms with Gasteiger partial charge >= 0.3 is 0 Å². The minimum Gasteiger partial charge on any atom is -0.374 e. The summed E-state index contributed by atoms with van der Waals surface area (Å²) in [5.74, 6) is 0. The average molecular weight is 211 g/mol. The lowest BCUT2D eigenvalue weighted by Gasteiger charge is -2.28. The van der Waals surface area contributed by atoms with Gasteiger partial charge in [0.25, 0.3) is 0 Å². The quantitative estimate of drug-likeness (QED) is 0.706. The third kappa shape index (κ3) is 5.33. The Morgan fingerprint density at radius 1 is 1.27 bits per heavy atom. The van der Waals surface area contributed by atoms with Gasteiger partial charge in [-0.25, -0.2) is 0 Å². The van der Waals surface area contributed by atoms with Crippen LogP contribution in [0.3, 0.4) is 0 Å². The molecule has 0 bridgehead atoms. The van der Waals surface area contributed by atoms with E-state index in [9.17, 15) is 0 Å². The Balaban J connectivity index is 2.12. The van der Waals surface area contributed by atoms with Crippen LogP contribution in [0.15, 0.2) is 11.6 Å². The molecule has 1 aliphatic carbocycles. The van der Waals surface area contributed by atoms with Crippen molar-refractivity contribution in [3.05, 3.63) is 11.6 Å². The maximum Gasteiger partial charge on any atom is 0.0653 e. The molecule has 0 spiro atoms. The molecule has 2 heteroatoms. The minimum atomic E-state index is 0.496. The summed E-state index contributed by atoms with van der Waals surface area (Å²) in [6, 6.07) is 0.735. The van der Waals surface area contributed by atoms with Gasteiger partial charge in [-0.05, 0) is 46.1 Å². The molecule has 0 amide bonds. The maximum atomic E-state index is 5.82. The smallest absolute Gasteiger partial charge is 0.0653 e. The van der Waals surface area contributed by atoms with Gasteiger partial charge < -0.3 is 10.1 Å². The predicted molar refractivity (Wildman–Crippen MR) is 65.1 cm³/mol. The Labute approximate surface area is 94.1 Å². The summed E-state index contributed by atoms with van der Waals surface area (Å²) in [5.41, 5.74) is 1.34.